The molecule has 0 aromatic carbocycles. The SMILES string of the molecule is FC(F)(F)c1nnc2sc(CCCCCl)nn12. The van der Waals surface area contributed by atoms with Gasteiger partial charge in [0, 0.05) is 12.3 Å². The van der Waals surface area contributed by atoms with E-state index >= 15 is 0 Å². The molecular weight excluding hydrogens is 277 g/mol. The van der Waals surface area contributed by atoms with E-state index < -0.39 is 12.0 Å². The molecule has 9 heteroatoms. The molecule has 0 atom stereocenters. The van der Waals surface area contributed by atoms with Gasteiger partial charge < -0.3 is 0 Å². The fourth-order valence-corrected chi connectivity index (χ4v) is 2.37. The van der Waals surface area contributed by atoms with E-state index in [0.29, 0.717) is 17.3 Å². The zero-order valence-electron chi connectivity index (χ0n) is 8.54. The molecule has 0 fully saturated rings. The van der Waals surface area contributed by atoms with Gasteiger partial charge in [-0.2, -0.15) is 22.8 Å². The monoisotopic (exact) mass is 284 g/mol. The van der Waals surface area contributed by atoms with E-state index in [2.05, 4.69) is 15.3 Å². The van der Waals surface area contributed by atoms with Crippen LogP contribution in [0.4, 0.5) is 13.2 Å². The van der Waals surface area contributed by atoms with Crippen molar-refractivity contribution in [2.45, 2.75) is 25.4 Å². The molecule has 0 spiro atoms. The zero-order chi connectivity index (χ0) is 12.5. The van der Waals surface area contributed by atoms with Crippen LogP contribution in [-0.2, 0) is 12.6 Å². The topological polar surface area (TPSA) is 43.1 Å². The Morgan fingerprint density at radius 2 is 2.00 bits per heavy atom. The highest BCUT2D eigenvalue weighted by Gasteiger charge is 2.38. The molecule has 4 nitrogen and oxygen atoms in total. The molecule has 0 aliphatic carbocycles. The third-order valence-corrected chi connectivity index (χ3v) is 3.29. The molecule has 0 aliphatic heterocycles. The van der Waals surface area contributed by atoms with Gasteiger partial charge in [-0.3, -0.25) is 0 Å². The highest BCUT2D eigenvalue weighted by Crippen LogP contribution is 2.29. The van der Waals surface area contributed by atoms with Gasteiger partial charge in [-0.15, -0.1) is 21.8 Å². The average molecular weight is 285 g/mol. The molecule has 0 amide bonds. The van der Waals surface area contributed by atoms with Crippen LogP contribution >= 0.6 is 22.9 Å². The Balaban J connectivity index is 2.23. The number of halogens is 4. The minimum absolute atomic E-state index is 0.165. The Morgan fingerprint density at radius 1 is 1.24 bits per heavy atom. The van der Waals surface area contributed by atoms with Crippen LogP contribution in [0, 0.1) is 0 Å². The second-order valence-electron chi connectivity index (χ2n) is 3.36. The van der Waals surface area contributed by atoms with Gasteiger partial charge in [0.2, 0.25) is 4.96 Å². The molecule has 2 rings (SSSR count). The van der Waals surface area contributed by atoms with Crippen molar-refractivity contribution >= 4 is 27.9 Å². The van der Waals surface area contributed by atoms with Crippen molar-refractivity contribution < 1.29 is 13.2 Å². The van der Waals surface area contributed by atoms with E-state index in [1.54, 1.807) is 0 Å². The number of aromatic nitrogens is 4. The summed E-state index contributed by atoms with van der Waals surface area (Å²) in [7, 11) is 0. The van der Waals surface area contributed by atoms with Gasteiger partial charge in [-0.05, 0) is 12.8 Å². The molecule has 94 valence electrons. The molecule has 17 heavy (non-hydrogen) atoms. The summed E-state index contributed by atoms with van der Waals surface area (Å²) in [6, 6.07) is 0. The predicted octanol–water partition coefficient (Wildman–Crippen LogP) is 2.77. The van der Waals surface area contributed by atoms with Crippen LogP contribution in [0.15, 0.2) is 0 Å². The van der Waals surface area contributed by atoms with Crippen LogP contribution in [0.25, 0.3) is 4.96 Å². The summed E-state index contributed by atoms with van der Waals surface area (Å²) in [4.78, 5) is 0.165. The van der Waals surface area contributed by atoms with Gasteiger partial charge >= 0.3 is 6.18 Å². The van der Waals surface area contributed by atoms with Gasteiger partial charge in [-0.1, -0.05) is 11.3 Å². The zero-order valence-corrected chi connectivity index (χ0v) is 10.1. The van der Waals surface area contributed by atoms with Crippen LogP contribution in [0.2, 0.25) is 0 Å². The molecule has 0 unspecified atom stereocenters. The van der Waals surface area contributed by atoms with Crippen molar-refractivity contribution in [3.63, 3.8) is 0 Å². The van der Waals surface area contributed by atoms with Crippen molar-refractivity contribution in [2.75, 3.05) is 5.88 Å². The smallest absolute Gasteiger partial charge is 0.178 e. The van der Waals surface area contributed by atoms with Crippen LogP contribution in [0.1, 0.15) is 23.7 Å². The summed E-state index contributed by atoms with van der Waals surface area (Å²) in [5, 5.41) is 11.0. The van der Waals surface area contributed by atoms with Crippen LogP contribution in [0.5, 0.6) is 0 Å². The summed E-state index contributed by atoms with van der Waals surface area (Å²) in [5.74, 6) is -0.537. The highest BCUT2D eigenvalue weighted by molar-refractivity contribution is 7.16. The van der Waals surface area contributed by atoms with Crippen molar-refractivity contribution in [1.29, 1.82) is 0 Å². The number of aryl methyl sites for hydroxylation is 1. The van der Waals surface area contributed by atoms with E-state index in [1.807, 2.05) is 0 Å². The number of rotatable bonds is 4. The molecule has 0 aliphatic rings. The van der Waals surface area contributed by atoms with Gasteiger partial charge in [0.05, 0.1) is 0 Å². The summed E-state index contributed by atoms with van der Waals surface area (Å²) >= 11 is 6.64. The Bertz CT molecular complexity index is 506. The number of hydrogen-bond donors (Lipinski definition) is 0. The lowest BCUT2D eigenvalue weighted by Gasteiger charge is -2.00. The Morgan fingerprint density at radius 3 is 2.65 bits per heavy atom. The van der Waals surface area contributed by atoms with E-state index in [-0.39, 0.29) is 4.96 Å². The van der Waals surface area contributed by atoms with Gasteiger partial charge in [0.15, 0.2) is 0 Å². The molecule has 2 heterocycles. The predicted molar refractivity (Wildman–Crippen MR) is 57.3 cm³/mol. The third-order valence-electron chi connectivity index (χ3n) is 2.06. The summed E-state index contributed by atoms with van der Waals surface area (Å²) in [5.41, 5.74) is 0. The Hall–Kier alpha value is -0.890. The molecule has 0 saturated heterocycles. The molecule has 0 N–H and O–H groups in total. The van der Waals surface area contributed by atoms with E-state index in [1.165, 1.54) is 0 Å². The highest BCUT2D eigenvalue weighted by atomic mass is 35.5. The van der Waals surface area contributed by atoms with E-state index in [9.17, 15) is 13.2 Å². The largest absolute Gasteiger partial charge is 0.453 e. The van der Waals surface area contributed by atoms with E-state index in [0.717, 1.165) is 28.7 Å². The minimum atomic E-state index is -4.53. The average Bonchev–Trinajstić information content (AvgIpc) is 2.74. The van der Waals surface area contributed by atoms with Crippen LogP contribution in [-0.4, -0.2) is 25.7 Å². The van der Waals surface area contributed by atoms with E-state index in [4.69, 9.17) is 11.6 Å². The quantitative estimate of drug-likeness (QED) is 0.640. The first kappa shape index (κ1) is 12.6. The third kappa shape index (κ3) is 2.68. The first-order chi connectivity index (χ1) is 8.02. The van der Waals surface area contributed by atoms with Crippen LogP contribution in [0.3, 0.4) is 0 Å². The lowest BCUT2D eigenvalue weighted by molar-refractivity contribution is -0.146. The van der Waals surface area contributed by atoms with Crippen molar-refractivity contribution in [2.24, 2.45) is 0 Å². The maximum atomic E-state index is 12.5. The van der Waals surface area contributed by atoms with Gasteiger partial charge in [0.25, 0.3) is 5.82 Å². The van der Waals surface area contributed by atoms with Crippen molar-refractivity contribution in [3.8, 4) is 0 Å². The first-order valence-electron chi connectivity index (χ1n) is 4.86. The Kier molecular flexibility index (Phi) is 3.53. The lowest BCUT2D eigenvalue weighted by Crippen LogP contribution is -2.11. The normalized spacial score (nSPS) is 12.5. The first-order valence-corrected chi connectivity index (χ1v) is 6.22. The summed E-state index contributed by atoms with van der Waals surface area (Å²) < 4.78 is 38.2. The lowest BCUT2D eigenvalue weighted by atomic mass is 10.3. The number of fused-ring (bicyclic) bond motifs is 1. The summed E-state index contributed by atoms with van der Waals surface area (Å²) in [6.07, 6.45) is -2.30. The summed E-state index contributed by atoms with van der Waals surface area (Å²) in [6.45, 7) is 0. The van der Waals surface area contributed by atoms with Crippen molar-refractivity contribution in [1.82, 2.24) is 19.8 Å². The maximum absolute atomic E-state index is 12.5. The molecule has 0 bridgehead atoms. The standard InChI is InChI=1S/C8H8ClF3N4S/c9-4-2-1-3-5-15-16-6(8(10,11)12)13-14-7(16)17-5/h1-4H2. The van der Waals surface area contributed by atoms with Gasteiger partial charge in [-0.25, -0.2) is 0 Å². The molecule has 2 aromatic rings. The fourth-order valence-electron chi connectivity index (χ4n) is 1.31. The molecular formula is C8H8ClF3N4S. The second-order valence-corrected chi connectivity index (χ2v) is 4.78. The van der Waals surface area contributed by atoms with Crippen LogP contribution < -0.4 is 0 Å². The molecule has 0 saturated carbocycles. The molecule has 2 aromatic heterocycles. The second kappa shape index (κ2) is 4.77. The molecule has 0 radical (unpaired) electrons. The number of unbranched alkanes of at least 4 members (excludes halogenated alkanes) is 1. The van der Waals surface area contributed by atoms with Gasteiger partial charge in [0.1, 0.15) is 5.01 Å². The number of hydrogen-bond acceptors (Lipinski definition) is 4. The Labute approximate surface area is 103 Å². The number of nitrogens with zero attached hydrogens (tertiary/aromatic N) is 4. The fraction of sp³-hybridized carbons (Fsp3) is 0.625. The van der Waals surface area contributed by atoms with Crippen molar-refractivity contribution in [3.05, 3.63) is 10.8 Å². The number of alkyl halides is 4. The minimum Gasteiger partial charge on any atom is -0.178 e. The maximum Gasteiger partial charge on any atom is 0.453 e.